The van der Waals surface area contributed by atoms with Gasteiger partial charge in [-0.2, -0.15) is 0 Å². The standard InChI is InChI=1S/C23H28N2O2/c1-17-12-18(2)14-21(13-17)24-22(26)16-23(27)25-10-8-20(9-11-25)15-19-6-4-3-5-7-19/h3-7,12-14,20H,8-11,15-16H2,1-2H3,(H,24,26). The lowest BCUT2D eigenvalue weighted by Crippen LogP contribution is -2.40. The average molecular weight is 364 g/mol. The number of hydrogen-bond acceptors (Lipinski definition) is 2. The molecule has 142 valence electrons. The molecular formula is C23H28N2O2. The van der Waals surface area contributed by atoms with Crippen molar-refractivity contribution in [2.24, 2.45) is 5.92 Å². The molecule has 0 radical (unpaired) electrons. The van der Waals surface area contributed by atoms with E-state index in [-0.39, 0.29) is 18.2 Å². The number of aryl methyl sites for hydroxylation is 2. The summed E-state index contributed by atoms with van der Waals surface area (Å²) >= 11 is 0. The summed E-state index contributed by atoms with van der Waals surface area (Å²) in [6.07, 6.45) is 2.98. The molecule has 1 aliphatic heterocycles. The molecule has 2 aromatic rings. The summed E-state index contributed by atoms with van der Waals surface area (Å²) in [5, 5.41) is 2.85. The Hall–Kier alpha value is -2.62. The smallest absolute Gasteiger partial charge is 0.233 e. The van der Waals surface area contributed by atoms with Crippen molar-refractivity contribution in [3.05, 3.63) is 65.2 Å². The van der Waals surface area contributed by atoms with Crippen LogP contribution in [-0.2, 0) is 16.0 Å². The molecule has 4 heteroatoms. The van der Waals surface area contributed by atoms with Gasteiger partial charge in [-0.3, -0.25) is 9.59 Å². The van der Waals surface area contributed by atoms with Crippen LogP contribution >= 0.6 is 0 Å². The zero-order valence-electron chi connectivity index (χ0n) is 16.2. The first-order valence-corrected chi connectivity index (χ1v) is 9.69. The topological polar surface area (TPSA) is 49.4 Å². The van der Waals surface area contributed by atoms with Gasteiger partial charge < -0.3 is 10.2 Å². The van der Waals surface area contributed by atoms with Gasteiger partial charge in [-0.15, -0.1) is 0 Å². The minimum atomic E-state index is -0.239. The molecule has 1 heterocycles. The van der Waals surface area contributed by atoms with Gasteiger partial charge in [-0.1, -0.05) is 36.4 Å². The molecule has 0 atom stereocenters. The number of benzene rings is 2. The van der Waals surface area contributed by atoms with Crippen LogP contribution in [0.5, 0.6) is 0 Å². The van der Waals surface area contributed by atoms with E-state index >= 15 is 0 Å². The van der Waals surface area contributed by atoms with Crippen LogP contribution in [-0.4, -0.2) is 29.8 Å². The van der Waals surface area contributed by atoms with Gasteiger partial charge >= 0.3 is 0 Å². The molecule has 0 aromatic heterocycles. The van der Waals surface area contributed by atoms with E-state index in [0.29, 0.717) is 5.92 Å². The van der Waals surface area contributed by atoms with Crippen LogP contribution in [0, 0.1) is 19.8 Å². The van der Waals surface area contributed by atoms with Crippen molar-refractivity contribution in [1.29, 1.82) is 0 Å². The maximum absolute atomic E-state index is 12.5. The predicted octanol–water partition coefficient (Wildman–Crippen LogP) is 4.11. The van der Waals surface area contributed by atoms with Crippen molar-refractivity contribution in [3.63, 3.8) is 0 Å². The fourth-order valence-corrected chi connectivity index (χ4v) is 3.84. The van der Waals surface area contributed by atoms with Gasteiger partial charge in [-0.05, 0) is 67.9 Å². The van der Waals surface area contributed by atoms with Gasteiger partial charge in [-0.25, -0.2) is 0 Å². The molecule has 0 saturated carbocycles. The summed E-state index contributed by atoms with van der Waals surface area (Å²) in [5.74, 6) is 0.298. The van der Waals surface area contributed by atoms with Gasteiger partial charge in [0.15, 0.2) is 0 Å². The Labute approximate surface area is 161 Å². The first-order chi connectivity index (χ1) is 13.0. The molecule has 0 spiro atoms. The van der Waals surface area contributed by atoms with Crippen LogP contribution < -0.4 is 5.32 Å². The molecule has 3 rings (SSSR count). The fourth-order valence-electron chi connectivity index (χ4n) is 3.84. The largest absolute Gasteiger partial charge is 0.342 e. The van der Waals surface area contributed by atoms with E-state index in [0.717, 1.165) is 49.2 Å². The van der Waals surface area contributed by atoms with Gasteiger partial charge in [0.05, 0.1) is 0 Å². The second-order valence-corrected chi connectivity index (χ2v) is 7.62. The second kappa shape index (κ2) is 8.85. The van der Waals surface area contributed by atoms with Crippen molar-refractivity contribution >= 4 is 17.5 Å². The summed E-state index contributed by atoms with van der Waals surface area (Å²) < 4.78 is 0. The third-order valence-electron chi connectivity index (χ3n) is 5.15. The highest BCUT2D eigenvalue weighted by Gasteiger charge is 2.24. The molecule has 27 heavy (non-hydrogen) atoms. The summed E-state index contributed by atoms with van der Waals surface area (Å²) in [5.41, 5.74) is 4.30. The first kappa shape index (κ1) is 19.2. The number of carbonyl (C=O) groups is 2. The number of rotatable bonds is 5. The summed E-state index contributed by atoms with van der Waals surface area (Å²) in [6.45, 7) is 5.47. The SMILES string of the molecule is Cc1cc(C)cc(NC(=O)CC(=O)N2CCC(Cc3ccccc3)CC2)c1. The van der Waals surface area contributed by atoms with E-state index < -0.39 is 0 Å². The first-order valence-electron chi connectivity index (χ1n) is 9.69. The van der Waals surface area contributed by atoms with Crippen molar-refractivity contribution in [2.45, 2.75) is 39.5 Å². The summed E-state index contributed by atoms with van der Waals surface area (Å²) in [7, 11) is 0. The van der Waals surface area contributed by atoms with Gasteiger partial charge in [0.25, 0.3) is 0 Å². The number of carbonyl (C=O) groups excluding carboxylic acids is 2. The lowest BCUT2D eigenvalue weighted by Gasteiger charge is -2.32. The molecule has 2 aromatic carbocycles. The maximum atomic E-state index is 12.5. The van der Waals surface area contributed by atoms with E-state index in [9.17, 15) is 9.59 Å². The molecule has 1 fully saturated rings. The highest BCUT2D eigenvalue weighted by molar-refractivity contribution is 6.03. The van der Waals surface area contributed by atoms with Gasteiger partial charge in [0.2, 0.25) is 11.8 Å². The lowest BCUT2D eigenvalue weighted by molar-refractivity contribution is -0.135. The molecule has 0 bridgehead atoms. The van der Waals surface area contributed by atoms with Crippen LogP contribution in [0.3, 0.4) is 0 Å². The fraction of sp³-hybridized carbons (Fsp3) is 0.391. The third kappa shape index (κ3) is 5.68. The minimum absolute atomic E-state index is 0.0740. The Kier molecular flexibility index (Phi) is 6.28. The summed E-state index contributed by atoms with van der Waals surface area (Å²) in [6, 6.07) is 16.4. The Balaban J connectivity index is 1.45. The number of anilines is 1. The van der Waals surface area contributed by atoms with Crippen LogP contribution in [0.25, 0.3) is 0 Å². The van der Waals surface area contributed by atoms with Crippen molar-refractivity contribution in [2.75, 3.05) is 18.4 Å². The third-order valence-corrected chi connectivity index (χ3v) is 5.15. The van der Waals surface area contributed by atoms with Crippen LogP contribution in [0.4, 0.5) is 5.69 Å². The highest BCUT2D eigenvalue weighted by atomic mass is 16.2. The van der Waals surface area contributed by atoms with E-state index in [4.69, 9.17) is 0 Å². The monoisotopic (exact) mass is 364 g/mol. The zero-order chi connectivity index (χ0) is 19.2. The molecule has 1 N–H and O–H groups in total. The minimum Gasteiger partial charge on any atom is -0.342 e. The average Bonchev–Trinajstić information content (AvgIpc) is 2.62. The van der Waals surface area contributed by atoms with E-state index in [1.807, 2.05) is 36.9 Å². The number of likely N-dealkylation sites (tertiary alicyclic amines) is 1. The molecule has 1 saturated heterocycles. The lowest BCUT2D eigenvalue weighted by atomic mass is 9.90. The Morgan fingerprint density at radius 3 is 2.26 bits per heavy atom. The van der Waals surface area contributed by atoms with Gasteiger partial charge in [0.1, 0.15) is 6.42 Å². The molecule has 0 aliphatic carbocycles. The molecular weight excluding hydrogens is 336 g/mol. The number of hydrogen-bond donors (Lipinski definition) is 1. The van der Waals surface area contributed by atoms with E-state index in [1.54, 1.807) is 0 Å². The Morgan fingerprint density at radius 2 is 1.63 bits per heavy atom. The maximum Gasteiger partial charge on any atom is 0.233 e. The zero-order valence-corrected chi connectivity index (χ0v) is 16.2. The Morgan fingerprint density at radius 1 is 1.00 bits per heavy atom. The molecule has 2 amide bonds. The molecule has 1 aliphatic rings. The summed E-state index contributed by atoms with van der Waals surface area (Å²) in [4.78, 5) is 26.5. The van der Waals surface area contributed by atoms with Crippen molar-refractivity contribution < 1.29 is 9.59 Å². The van der Waals surface area contributed by atoms with Crippen LogP contribution in [0.2, 0.25) is 0 Å². The van der Waals surface area contributed by atoms with E-state index in [2.05, 4.69) is 35.6 Å². The number of amides is 2. The van der Waals surface area contributed by atoms with Crippen LogP contribution in [0.15, 0.2) is 48.5 Å². The Bertz CT molecular complexity index is 773. The van der Waals surface area contributed by atoms with Gasteiger partial charge in [0, 0.05) is 18.8 Å². The van der Waals surface area contributed by atoms with Crippen molar-refractivity contribution in [1.82, 2.24) is 4.90 Å². The number of piperidine rings is 1. The van der Waals surface area contributed by atoms with Crippen molar-refractivity contribution in [3.8, 4) is 0 Å². The second-order valence-electron chi connectivity index (χ2n) is 7.62. The molecule has 0 unspecified atom stereocenters. The molecule has 4 nitrogen and oxygen atoms in total. The predicted molar refractivity (Wildman–Crippen MR) is 109 cm³/mol. The highest BCUT2D eigenvalue weighted by Crippen LogP contribution is 2.22. The van der Waals surface area contributed by atoms with E-state index in [1.165, 1.54) is 5.56 Å². The number of nitrogens with zero attached hydrogens (tertiary/aromatic N) is 1. The number of nitrogens with one attached hydrogen (secondary N) is 1. The quantitative estimate of drug-likeness (QED) is 0.812. The normalized spacial score (nSPS) is 14.8. The van der Waals surface area contributed by atoms with Crippen LogP contribution in [0.1, 0.15) is 36.0 Å².